The SMILES string of the molecule is NOC(C(=O)O)c1ccccc1. The number of carboxylic acids is 1. The fraction of sp³-hybridized carbons (Fsp3) is 0.125. The van der Waals surface area contributed by atoms with Crippen molar-refractivity contribution in [3.63, 3.8) is 0 Å². The zero-order valence-electron chi connectivity index (χ0n) is 6.31. The van der Waals surface area contributed by atoms with Gasteiger partial charge in [-0.05, 0) is 5.56 Å². The van der Waals surface area contributed by atoms with E-state index in [9.17, 15) is 4.79 Å². The second-order valence-electron chi connectivity index (χ2n) is 2.27. The van der Waals surface area contributed by atoms with Crippen LogP contribution in [0.25, 0.3) is 0 Å². The Hall–Kier alpha value is -1.39. The molecule has 4 heteroatoms. The summed E-state index contributed by atoms with van der Waals surface area (Å²) in [5.74, 6) is 3.73. The average molecular weight is 167 g/mol. The molecule has 4 nitrogen and oxygen atoms in total. The quantitative estimate of drug-likeness (QED) is 0.650. The molecule has 64 valence electrons. The van der Waals surface area contributed by atoms with E-state index in [1.807, 2.05) is 0 Å². The molecular weight excluding hydrogens is 158 g/mol. The Labute approximate surface area is 69.5 Å². The Bertz CT molecular complexity index is 260. The number of aliphatic carboxylic acids is 1. The minimum Gasteiger partial charge on any atom is -0.479 e. The molecule has 0 saturated carbocycles. The molecule has 1 atom stereocenters. The molecule has 0 bridgehead atoms. The maximum atomic E-state index is 10.5. The summed E-state index contributed by atoms with van der Waals surface area (Å²) in [6, 6.07) is 8.53. The van der Waals surface area contributed by atoms with Gasteiger partial charge in [-0.1, -0.05) is 30.3 Å². The molecule has 1 unspecified atom stereocenters. The number of nitrogens with two attached hydrogens (primary N) is 1. The maximum Gasteiger partial charge on any atom is 0.339 e. The van der Waals surface area contributed by atoms with E-state index in [4.69, 9.17) is 11.0 Å². The summed E-state index contributed by atoms with van der Waals surface area (Å²) in [6.07, 6.45) is -1.08. The van der Waals surface area contributed by atoms with Crippen molar-refractivity contribution in [2.75, 3.05) is 0 Å². The topological polar surface area (TPSA) is 72.5 Å². The van der Waals surface area contributed by atoms with Crippen LogP contribution >= 0.6 is 0 Å². The molecule has 0 saturated heterocycles. The van der Waals surface area contributed by atoms with Crippen LogP contribution < -0.4 is 5.90 Å². The van der Waals surface area contributed by atoms with E-state index in [1.54, 1.807) is 30.3 Å². The van der Waals surface area contributed by atoms with E-state index < -0.39 is 12.1 Å². The van der Waals surface area contributed by atoms with Crippen molar-refractivity contribution in [2.45, 2.75) is 6.10 Å². The number of benzene rings is 1. The van der Waals surface area contributed by atoms with Crippen molar-refractivity contribution in [1.29, 1.82) is 0 Å². The summed E-state index contributed by atoms with van der Waals surface area (Å²) < 4.78 is 0. The Balaban J connectivity index is 2.88. The lowest BCUT2D eigenvalue weighted by Crippen LogP contribution is -2.18. The first kappa shape index (κ1) is 8.70. The first-order chi connectivity index (χ1) is 5.75. The van der Waals surface area contributed by atoms with Crippen molar-refractivity contribution in [3.8, 4) is 0 Å². The molecule has 0 aliphatic heterocycles. The van der Waals surface area contributed by atoms with E-state index in [0.717, 1.165) is 0 Å². The first-order valence-electron chi connectivity index (χ1n) is 3.39. The van der Waals surface area contributed by atoms with Gasteiger partial charge in [-0.2, -0.15) is 0 Å². The van der Waals surface area contributed by atoms with Gasteiger partial charge in [0.05, 0.1) is 0 Å². The molecule has 1 rings (SSSR count). The fourth-order valence-corrected chi connectivity index (χ4v) is 0.907. The maximum absolute atomic E-state index is 10.5. The van der Waals surface area contributed by atoms with Gasteiger partial charge in [-0.15, -0.1) is 0 Å². The van der Waals surface area contributed by atoms with Crippen molar-refractivity contribution in [1.82, 2.24) is 0 Å². The Morgan fingerprint density at radius 1 is 1.42 bits per heavy atom. The van der Waals surface area contributed by atoms with Gasteiger partial charge in [0.25, 0.3) is 0 Å². The van der Waals surface area contributed by atoms with Crippen molar-refractivity contribution >= 4 is 5.97 Å². The van der Waals surface area contributed by atoms with Gasteiger partial charge in [-0.25, -0.2) is 10.7 Å². The fourth-order valence-electron chi connectivity index (χ4n) is 0.907. The Kier molecular flexibility index (Phi) is 2.79. The molecule has 0 amide bonds. The summed E-state index contributed by atoms with van der Waals surface area (Å²) in [5, 5.41) is 8.62. The zero-order valence-corrected chi connectivity index (χ0v) is 6.31. The standard InChI is InChI=1S/C8H9NO3/c9-12-7(8(10)11)6-4-2-1-3-5-6/h1-5,7H,9H2,(H,10,11). The number of hydrogen-bond acceptors (Lipinski definition) is 3. The summed E-state index contributed by atoms with van der Waals surface area (Å²) in [7, 11) is 0. The minimum absolute atomic E-state index is 0.535. The van der Waals surface area contributed by atoms with E-state index >= 15 is 0 Å². The molecular formula is C8H9NO3. The largest absolute Gasteiger partial charge is 0.479 e. The van der Waals surface area contributed by atoms with Crippen molar-refractivity contribution in [2.24, 2.45) is 5.90 Å². The molecule has 0 spiro atoms. The van der Waals surface area contributed by atoms with Crippen LogP contribution in [0.1, 0.15) is 11.7 Å². The molecule has 0 aromatic heterocycles. The minimum atomic E-state index is -1.09. The molecule has 0 aliphatic rings. The van der Waals surface area contributed by atoms with Gasteiger partial charge in [0.2, 0.25) is 6.10 Å². The summed E-state index contributed by atoms with van der Waals surface area (Å²) in [5.41, 5.74) is 0.535. The molecule has 1 aromatic carbocycles. The molecule has 12 heavy (non-hydrogen) atoms. The highest BCUT2D eigenvalue weighted by atomic mass is 16.6. The number of hydrogen-bond donors (Lipinski definition) is 2. The lowest BCUT2D eigenvalue weighted by molar-refractivity contribution is -0.151. The van der Waals surface area contributed by atoms with Gasteiger partial charge in [0.1, 0.15) is 0 Å². The summed E-state index contributed by atoms with van der Waals surface area (Å²) in [6.45, 7) is 0. The van der Waals surface area contributed by atoms with E-state index in [1.165, 1.54) is 0 Å². The molecule has 0 aliphatic carbocycles. The number of rotatable bonds is 3. The number of carboxylic acid groups (broad SMARTS) is 1. The summed E-state index contributed by atoms with van der Waals surface area (Å²) >= 11 is 0. The van der Waals surface area contributed by atoms with Gasteiger partial charge < -0.3 is 5.11 Å². The third kappa shape index (κ3) is 1.81. The van der Waals surface area contributed by atoms with Crippen LogP contribution in [0.4, 0.5) is 0 Å². The lowest BCUT2D eigenvalue weighted by Gasteiger charge is -2.08. The lowest BCUT2D eigenvalue weighted by atomic mass is 10.1. The van der Waals surface area contributed by atoms with Gasteiger partial charge in [0.15, 0.2) is 0 Å². The van der Waals surface area contributed by atoms with Gasteiger partial charge in [-0.3, -0.25) is 4.84 Å². The summed E-state index contributed by atoms with van der Waals surface area (Å²) in [4.78, 5) is 14.8. The monoisotopic (exact) mass is 167 g/mol. The highest BCUT2D eigenvalue weighted by Crippen LogP contribution is 2.14. The van der Waals surface area contributed by atoms with Crippen LogP contribution in [-0.4, -0.2) is 11.1 Å². The van der Waals surface area contributed by atoms with E-state index in [-0.39, 0.29) is 0 Å². The van der Waals surface area contributed by atoms with Crippen molar-refractivity contribution < 1.29 is 14.7 Å². The Morgan fingerprint density at radius 2 is 2.00 bits per heavy atom. The molecule has 0 heterocycles. The average Bonchev–Trinajstić information content (AvgIpc) is 2.07. The molecule has 0 radical (unpaired) electrons. The van der Waals surface area contributed by atoms with Crippen LogP contribution in [0.2, 0.25) is 0 Å². The molecule has 3 N–H and O–H groups in total. The first-order valence-corrected chi connectivity index (χ1v) is 3.39. The normalized spacial score (nSPS) is 12.4. The third-order valence-corrected chi connectivity index (χ3v) is 1.46. The van der Waals surface area contributed by atoms with Gasteiger partial charge >= 0.3 is 5.97 Å². The van der Waals surface area contributed by atoms with E-state index in [0.29, 0.717) is 5.56 Å². The zero-order chi connectivity index (χ0) is 8.97. The highest BCUT2D eigenvalue weighted by Gasteiger charge is 2.18. The second kappa shape index (κ2) is 3.85. The van der Waals surface area contributed by atoms with Crippen LogP contribution in [0, 0.1) is 0 Å². The second-order valence-corrected chi connectivity index (χ2v) is 2.27. The van der Waals surface area contributed by atoms with Crippen LogP contribution in [0.5, 0.6) is 0 Å². The van der Waals surface area contributed by atoms with Crippen LogP contribution in [0.3, 0.4) is 0 Å². The predicted octanol–water partition coefficient (Wildman–Crippen LogP) is 0.703. The van der Waals surface area contributed by atoms with Crippen LogP contribution in [0.15, 0.2) is 30.3 Å². The van der Waals surface area contributed by atoms with Crippen LogP contribution in [-0.2, 0) is 9.63 Å². The van der Waals surface area contributed by atoms with Gasteiger partial charge in [0, 0.05) is 0 Å². The molecule has 1 aromatic rings. The Morgan fingerprint density at radius 3 is 2.42 bits per heavy atom. The number of carbonyl (C=O) groups is 1. The van der Waals surface area contributed by atoms with Crippen molar-refractivity contribution in [3.05, 3.63) is 35.9 Å². The highest BCUT2D eigenvalue weighted by molar-refractivity contribution is 5.74. The predicted molar refractivity (Wildman–Crippen MR) is 42.1 cm³/mol. The molecule has 0 fully saturated rings. The smallest absolute Gasteiger partial charge is 0.339 e. The van der Waals surface area contributed by atoms with E-state index in [2.05, 4.69) is 4.84 Å². The third-order valence-electron chi connectivity index (χ3n) is 1.46.